The van der Waals surface area contributed by atoms with Crippen LogP contribution in [0, 0.1) is 5.92 Å². The Labute approximate surface area is 144 Å². The van der Waals surface area contributed by atoms with Crippen molar-refractivity contribution in [1.82, 2.24) is 4.90 Å². The monoisotopic (exact) mass is 341 g/mol. The first-order valence-corrected chi connectivity index (χ1v) is 8.08. The molecule has 7 nitrogen and oxygen atoms in total. The average molecular weight is 341 g/mol. The summed E-state index contributed by atoms with van der Waals surface area (Å²) in [7, 11) is 0. The molecule has 0 atom stereocenters. The van der Waals surface area contributed by atoms with Crippen LogP contribution in [-0.4, -0.2) is 35.7 Å². The van der Waals surface area contributed by atoms with Crippen molar-refractivity contribution < 1.29 is 18.8 Å². The van der Waals surface area contributed by atoms with E-state index in [1.807, 2.05) is 0 Å². The van der Waals surface area contributed by atoms with Gasteiger partial charge in [-0.05, 0) is 49.2 Å². The Morgan fingerprint density at radius 2 is 1.76 bits per heavy atom. The summed E-state index contributed by atoms with van der Waals surface area (Å²) in [5.74, 6) is -0.580. The number of nitrogens with zero attached hydrogens (tertiary/aromatic N) is 1. The van der Waals surface area contributed by atoms with E-state index in [1.54, 1.807) is 41.3 Å². The van der Waals surface area contributed by atoms with Crippen LogP contribution in [0.3, 0.4) is 0 Å². The number of hydrogen-bond acceptors (Lipinski definition) is 4. The molecule has 0 saturated carbocycles. The Hall–Kier alpha value is -3.09. The highest BCUT2D eigenvalue weighted by atomic mass is 16.3. The summed E-state index contributed by atoms with van der Waals surface area (Å²) in [5, 5.41) is 2.84. The van der Waals surface area contributed by atoms with Crippen LogP contribution in [0.25, 0.3) is 0 Å². The highest BCUT2D eigenvalue weighted by molar-refractivity contribution is 5.96. The molecule has 1 aromatic heterocycles. The molecule has 1 aliphatic rings. The summed E-state index contributed by atoms with van der Waals surface area (Å²) in [6.45, 7) is 1.02. The first kappa shape index (κ1) is 16.8. The first-order valence-electron chi connectivity index (χ1n) is 8.08. The summed E-state index contributed by atoms with van der Waals surface area (Å²) in [6, 6.07) is 9.75. The van der Waals surface area contributed by atoms with Gasteiger partial charge < -0.3 is 20.4 Å². The van der Waals surface area contributed by atoms with Crippen molar-refractivity contribution in [2.45, 2.75) is 12.8 Å². The second-order valence-electron chi connectivity index (χ2n) is 5.97. The Bertz CT molecular complexity index is 760. The molecule has 1 aliphatic heterocycles. The highest BCUT2D eigenvalue weighted by Gasteiger charge is 2.28. The average Bonchev–Trinajstić information content (AvgIpc) is 3.16. The lowest BCUT2D eigenvalue weighted by atomic mass is 9.95. The Balaban J connectivity index is 1.53. The van der Waals surface area contributed by atoms with Crippen LogP contribution in [0.1, 0.15) is 33.8 Å². The van der Waals surface area contributed by atoms with Gasteiger partial charge in [-0.1, -0.05) is 0 Å². The zero-order chi connectivity index (χ0) is 17.8. The van der Waals surface area contributed by atoms with E-state index in [2.05, 4.69) is 5.32 Å². The number of benzene rings is 1. The van der Waals surface area contributed by atoms with Gasteiger partial charge in [-0.25, -0.2) is 0 Å². The maximum Gasteiger partial charge on any atom is 0.289 e. The maximum atomic E-state index is 12.4. The summed E-state index contributed by atoms with van der Waals surface area (Å²) in [6.07, 6.45) is 2.66. The number of hydrogen-bond donors (Lipinski definition) is 2. The minimum atomic E-state index is -0.508. The van der Waals surface area contributed by atoms with E-state index < -0.39 is 5.91 Å². The SMILES string of the molecule is NC(=O)c1ccc(NC(=O)C2CCN(C(=O)c3ccco3)CC2)cc1. The van der Waals surface area contributed by atoms with Crippen molar-refractivity contribution in [3.8, 4) is 0 Å². The molecule has 2 heterocycles. The fourth-order valence-electron chi connectivity index (χ4n) is 2.86. The highest BCUT2D eigenvalue weighted by Crippen LogP contribution is 2.21. The lowest BCUT2D eigenvalue weighted by molar-refractivity contribution is -0.121. The summed E-state index contributed by atoms with van der Waals surface area (Å²) in [5.41, 5.74) is 6.20. The lowest BCUT2D eigenvalue weighted by Gasteiger charge is -2.30. The molecular weight excluding hydrogens is 322 g/mol. The predicted octanol–water partition coefficient (Wildman–Crippen LogP) is 1.87. The van der Waals surface area contributed by atoms with Gasteiger partial charge in [-0.15, -0.1) is 0 Å². The van der Waals surface area contributed by atoms with E-state index in [1.165, 1.54) is 6.26 Å². The largest absolute Gasteiger partial charge is 0.459 e. The number of carbonyl (C=O) groups is 3. The molecule has 0 spiro atoms. The number of carbonyl (C=O) groups excluding carboxylic acids is 3. The second-order valence-corrected chi connectivity index (χ2v) is 5.97. The van der Waals surface area contributed by atoms with E-state index in [9.17, 15) is 14.4 Å². The molecule has 130 valence electrons. The van der Waals surface area contributed by atoms with E-state index >= 15 is 0 Å². The van der Waals surface area contributed by atoms with Crippen LogP contribution in [-0.2, 0) is 4.79 Å². The number of piperidine rings is 1. The molecule has 1 saturated heterocycles. The van der Waals surface area contributed by atoms with Crippen LogP contribution in [0.5, 0.6) is 0 Å². The summed E-state index contributed by atoms with van der Waals surface area (Å²) in [4.78, 5) is 37.3. The van der Waals surface area contributed by atoms with E-state index in [-0.39, 0.29) is 17.7 Å². The van der Waals surface area contributed by atoms with Gasteiger partial charge in [0, 0.05) is 30.3 Å². The molecule has 25 heavy (non-hydrogen) atoms. The predicted molar refractivity (Wildman–Crippen MR) is 90.9 cm³/mol. The van der Waals surface area contributed by atoms with Crippen molar-refractivity contribution in [1.29, 1.82) is 0 Å². The van der Waals surface area contributed by atoms with Crippen molar-refractivity contribution in [3.05, 3.63) is 54.0 Å². The van der Waals surface area contributed by atoms with Crippen LogP contribution in [0.4, 0.5) is 5.69 Å². The van der Waals surface area contributed by atoms with E-state index in [0.29, 0.717) is 42.9 Å². The molecular formula is C18H19N3O4. The number of nitrogens with one attached hydrogen (secondary N) is 1. The maximum absolute atomic E-state index is 12.4. The molecule has 0 bridgehead atoms. The second kappa shape index (κ2) is 7.21. The van der Waals surface area contributed by atoms with Crippen molar-refractivity contribution in [2.75, 3.05) is 18.4 Å². The van der Waals surface area contributed by atoms with Crippen LogP contribution in [0.15, 0.2) is 47.1 Å². The smallest absolute Gasteiger partial charge is 0.289 e. The van der Waals surface area contributed by atoms with Gasteiger partial charge in [-0.3, -0.25) is 14.4 Å². The third-order valence-electron chi connectivity index (χ3n) is 4.32. The topological polar surface area (TPSA) is 106 Å². The van der Waals surface area contributed by atoms with E-state index in [4.69, 9.17) is 10.2 Å². The first-order chi connectivity index (χ1) is 12.0. The van der Waals surface area contributed by atoms with Gasteiger partial charge in [0.2, 0.25) is 11.8 Å². The van der Waals surface area contributed by atoms with Gasteiger partial charge in [-0.2, -0.15) is 0 Å². The minimum absolute atomic E-state index is 0.0862. The van der Waals surface area contributed by atoms with Crippen molar-refractivity contribution in [2.24, 2.45) is 11.7 Å². The molecule has 2 aromatic rings. The number of amides is 3. The number of rotatable bonds is 4. The molecule has 3 rings (SSSR count). The zero-order valence-electron chi connectivity index (χ0n) is 13.6. The number of nitrogens with two attached hydrogens (primary N) is 1. The number of anilines is 1. The third-order valence-corrected chi connectivity index (χ3v) is 4.32. The van der Waals surface area contributed by atoms with Crippen LogP contribution >= 0.6 is 0 Å². The van der Waals surface area contributed by atoms with E-state index in [0.717, 1.165) is 0 Å². The molecule has 0 unspecified atom stereocenters. The zero-order valence-corrected chi connectivity index (χ0v) is 13.6. The minimum Gasteiger partial charge on any atom is -0.459 e. The quantitative estimate of drug-likeness (QED) is 0.885. The summed E-state index contributed by atoms with van der Waals surface area (Å²) < 4.78 is 5.12. The molecule has 3 amide bonds. The fourth-order valence-corrected chi connectivity index (χ4v) is 2.86. The molecule has 0 aliphatic carbocycles. The Morgan fingerprint density at radius 1 is 1.08 bits per heavy atom. The normalized spacial score (nSPS) is 15.0. The third kappa shape index (κ3) is 3.88. The standard InChI is InChI=1S/C18H19N3O4/c19-16(22)12-3-5-14(6-4-12)20-17(23)13-7-9-21(10-8-13)18(24)15-2-1-11-25-15/h1-6,11,13H,7-10H2,(H2,19,22)(H,20,23). The number of primary amides is 1. The van der Waals surface area contributed by atoms with Gasteiger partial charge in [0.1, 0.15) is 0 Å². The van der Waals surface area contributed by atoms with Crippen LogP contribution in [0.2, 0.25) is 0 Å². The lowest BCUT2D eigenvalue weighted by Crippen LogP contribution is -2.41. The molecule has 7 heteroatoms. The molecule has 1 fully saturated rings. The fraction of sp³-hybridized carbons (Fsp3) is 0.278. The van der Waals surface area contributed by atoms with Gasteiger partial charge in [0.15, 0.2) is 5.76 Å². The summed E-state index contributed by atoms with van der Waals surface area (Å²) >= 11 is 0. The number of likely N-dealkylation sites (tertiary alicyclic amines) is 1. The van der Waals surface area contributed by atoms with Crippen LogP contribution < -0.4 is 11.1 Å². The van der Waals surface area contributed by atoms with Gasteiger partial charge in [0.25, 0.3) is 5.91 Å². The molecule has 3 N–H and O–H groups in total. The number of furan rings is 1. The molecule has 1 aromatic carbocycles. The Morgan fingerprint density at radius 3 is 2.32 bits per heavy atom. The Kier molecular flexibility index (Phi) is 4.83. The van der Waals surface area contributed by atoms with Gasteiger partial charge in [0.05, 0.1) is 6.26 Å². The van der Waals surface area contributed by atoms with Crippen molar-refractivity contribution in [3.63, 3.8) is 0 Å². The van der Waals surface area contributed by atoms with Crippen molar-refractivity contribution >= 4 is 23.4 Å². The molecule has 0 radical (unpaired) electrons. The van der Waals surface area contributed by atoms with Gasteiger partial charge >= 0.3 is 0 Å².